The van der Waals surface area contributed by atoms with E-state index in [1.165, 1.54) is 6.92 Å². The number of hydrogen-bond acceptors (Lipinski definition) is 4. The molecule has 2 aromatic carbocycles. The van der Waals surface area contributed by atoms with Crippen molar-refractivity contribution >= 4 is 16.7 Å². The van der Waals surface area contributed by atoms with Gasteiger partial charge in [0.25, 0.3) is 0 Å². The molecule has 0 saturated heterocycles. The molecule has 0 saturated carbocycles. The maximum atomic E-state index is 11.4. The van der Waals surface area contributed by atoms with E-state index in [1.54, 1.807) is 19.1 Å². The van der Waals surface area contributed by atoms with Gasteiger partial charge < -0.3 is 9.84 Å². The number of ether oxygens (including phenoxy) is 1. The summed E-state index contributed by atoms with van der Waals surface area (Å²) in [4.78, 5) is 16.0. The first-order chi connectivity index (χ1) is 11.1. The van der Waals surface area contributed by atoms with Crippen LogP contribution in [0.4, 0.5) is 0 Å². The second-order valence-electron chi connectivity index (χ2n) is 5.43. The van der Waals surface area contributed by atoms with Gasteiger partial charge in [-0.15, -0.1) is 0 Å². The molecule has 0 amide bonds. The van der Waals surface area contributed by atoms with Crippen LogP contribution in [0, 0.1) is 6.92 Å². The van der Waals surface area contributed by atoms with E-state index in [-0.39, 0.29) is 11.5 Å². The van der Waals surface area contributed by atoms with Gasteiger partial charge in [0.05, 0.1) is 16.8 Å². The highest BCUT2D eigenvalue weighted by Gasteiger charge is 2.13. The average molecular weight is 307 g/mol. The molecule has 116 valence electrons. The molecule has 3 aromatic rings. The van der Waals surface area contributed by atoms with Gasteiger partial charge >= 0.3 is 0 Å². The third kappa shape index (κ3) is 3.01. The lowest BCUT2D eigenvalue weighted by Crippen LogP contribution is -2.01. The second kappa shape index (κ2) is 6.08. The molecule has 0 bridgehead atoms. The van der Waals surface area contributed by atoms with E-state index in [4.69, 9.17) is 4.74 Å². The molecule has 0 atom stereocenters. The number of phenols is 1. The quantitative estimate of drug-likeness (QED) is 0.739. The highest BCUT2D eigenvalue weighted by molar-refractivity contribution is 5.97. The van der Waals surface area contributed by atoms with Crippen molar-refractivity contribution in [3.05, 3.63) is 65.4 Å². The van der Waals surface area contributed by atoms with Crippen LogP contribution in [0.25, 0.3) is 10.9 Å². The van der Waals surface area contributed by atoms with Crippen LogP contribution >= 0.6 is 0 Å². The van der Waals surface area contributed by atoms with Gasteiger partial charge in [-0.25, -0.2) is 4.98 Å². The predicted molar refractivity (Wildman–Crippen MR) is 88.9 cm³/mol. The van der Waals surface area contributed by atoms with Crippen LogP contribution in [0.15, 0.2) is 48.5 Å². The zero-order valence-corrected chi connectivity index (χ0v) is 13.0. The number of fused-ring (bicyclic) bond motifs is 1. The molecule has 0 spiro atoms. The van der Waals surface area contributed by atoms with Crippen LogP contribution in [0.1, 0.15) is 28.5 Å². The van der Waals surface area contributed by atoms with E-state index < -0.39 is 0 Å². The molecule has 3 rings (SSSR count). The van der Waals surface area contributed by atoms with Crippen LogP contribution in [0.2, 0.25) is 0 Å². The van der Waals surface area contributed by atoms with E-state index in [1.807, 2.05) is 36.4 Å². The van der Waals surface area contributed by atoms with Crippen molar-refractivity contribution in [1.82, 2.24) is 4.98 Å². The lowest BCUT2D eigenvalue weighted by molar-refractivity contribution is 0.101. The third-order valence-electron chi connectivity index (χ3n) is 3.79. The Morgan fingerprint density at radius 2 is 1.91 bits per heavy atom. The topological polar surface area (TPSA) is 59.4 Å². The SMILES string of the molecule is CC(=O)c1ccc(OCc2ccc3ccccc3n2)c(C)c1O. The third-order valence-corrected chi connectivity index (χ3v) is 3.79. The van der Waals surface area contributed by atoms with Gasteiger partial charge in [-0.05, 0) is 38.1 Å². The smallest absolute Gasteiger partial charge is 0.163 e. The molecule has 1 N–H and O–H groups in total. The number of aromatic hydroxyl groups is 1. The molecule has 0 aliphatic rings. The first-order valence-electron chi connectivity index (χ1n) is 7.37. The lowest BCUT2D eigenvalue weighted by atomic mass is 10.1. The molecule has 1 aromatic heterocycles. The van der Waals surface area contributed by atoms with Gasteiger partial charge in [0.2, 0.25) is 0 Å². The Hall–Kier alpha value is -2.88. The molecule has 0 radical (unpaired) electrons. The second-order valence-corrected chi connectivity index (χ2v) is 5.43. The zero-order chi connectivity index (χ0) is 16.4. The van der Waals surface area contributed by atoms with E-state index >= 15 is 0 Å². The summed E-state index contributed by atoms with van der Waals surface area (Å²) in [5.74, 6) is 0.345. The maximum Gasteiger partial charge on any atom is 0.163 e. The Kier molecular flexibility index (Phi) is 3.98. The highest BCUT2D eigenvalue weighted by atomic mass is 16.5. The summed E-state index contributed by atoms with van der Waals surface area (Å²) in [5.41, 5.74) is 2.58. The van der Waals surface area contributed by atoms with E-state index in [9.17, 15) is 9.90 Å². The maximum absolute atomic E-state index is 11.4. The summed E-state index contributed by atoms with van der Waals surface area (Å²) in [6.45, 7) is 3.45. The number of carbonyl (C=O) groups excluding carboxylic acids is 1. The molecule has 0 fully saturated rings. The summed E-state index contributed by atoms with van der Waals surface area (Å²) in [5, 5.41) is 11.2. The number of rotatable bonds is 4. The van der Waals surface area contributed by atoms with Crippen LogP contribution < -0.4 is 4.74 Å². The van der Waals surface area contributed by atoms with Crippen LogP contribution in [0.3, 0.4) is 0 Å². The van der Waals surface area contributed by atoms with Crippen molar-refractivity contribution in [3.8, 4) is 11.5 Å². The molecular weight excluding hydrogens is 290 g/mol. The normalized spacial score (nSPS) is 10.7. The number of pyridine rings is 1. The minimum Gasteiger partial charge on any atom is -0.507 e. The number of nitrogens with zero attached hydrogens (tertiary/aromatic N) is 1. The number of aromatic nitrogens is 1. The summed E-state index contributed by atoms with van der Waals surface area (Å²) < 4.78 is 5.75. The van der Waals surface area contributed by atoms with Gasteiger partial charge in [0.1, 0.15) is 18.1 Å². The number of carbonyl (C=O) groups is 1. The minimum absolute atomic E-state index is 0.0264. The Balaban J connectivity index is 1.82. The largest absolute Gasteiger partial charge is 0.507 e. The number of phenolic OH excluding ortho intramolecular Hbond substituents is 1. The molecule has 0 aliphatic carbocycles. The van der Waals surface area contributed by atoms with Crippen molar-refractivity contribution < 1.29 is 14.6 Å². The predicted octanol–water partition coefficient (Wildman–Crippen LogP) is 4.03. The Morgan fingerprint density at radius 1 is 1.13 bits per heavy atom. The monoisotopic (exact) mass is 307 g/mol. The van der Waals surface area contributed by atoms with Crippen molar-refractivity contribution in [3.63, 3.8) is 0 Å². The number of Topliss-reactive ketones (excluding diaryl/α,β-unsaturated/α-hetero) is 1. The average Bonchev–Trinajstić information content (AvgIpc) is 2.55. The van der Waals surface area contributed by atoms with Gasteiger partial charge in [-0.2, -0.15) is 0 Å². The van der Waals surface area contributed by atoms with E-state index in [0.29, 0.717) is 23.5 Å². The summed E-state index contributed by atoms with van der Waals surface area (Å²) >= 11 is 0. The van der Waals surface area contributed by atoms with E-state index in [0.717, 1.165) is 16.6 Å². The molecule has 4 nitrogen and oxygen atoms in total. The Labute approximate surface area is 134 Å². The summed E-state index contributed by atoms with van der Waals surface area (Å²) in [6.07, 6.45) is 0. The standard InChI is InChI=1S/C19H17NO3/c1-12-18(10-9-16(13(2)21)19(12)22)23-11-15-8-7-14-5-3-4-6-17(14)20-15/h3-10,22H,11H2,1-2H3. The van der Waals surface area contributed by atoms with Crippen molar-refractivity contribution in [1.29, 1.82) is 0 Å². The number of hydrogen-bond donors (Lipinski definition) is 1. The van der Waals surface area contributed by atoms with Crippen molar-refractivity contribution in [2.24, 2.45) is 0 Å². The zero-order valence-electron chi connectivity index (χ0n) is 13.0. The molecule has 23 heavy (non-hydrogen) atoms. The highest BCUT2D eigenvalue weighted by Crippen LogP contribution is 2.31. The molecule has 0 unspecified atom stereocenters. The minimum atomic E-state index is -0.173. The molecule has 0 aliphatic heterocycles. The van der Waals surface area contributed by atoms with Gasteiger partial charge in [-0.3, -0.25) is 4.79 Å². The van der Waals surface area contributed by atoms with Crippen LogP contribution in [-0.4, -0.2) is 15.9 Å². The van der Waals surface area contributed by atoms with Gasteiger partial charge in [0.15, 0.2) is 5.78 Å². The van der Waals surface area contributed by atoms with Crippen LogP contribution in [-0.2, 0) is 6.61 Å². The number of para-hydroxylation sites is 1. The fourth-order valence-corrected chi connectivity index (χ4v) is 2.46. The number of ketones is 1. The Morgan fingerprint density at radius 3 is 2.70 bits per heavy atom. The first-order valence-corrected chi connectivity index (χ1v) is 7.37. The summed E-state index contributed by atoms with van der Waals surface area (Å²) in [7, 11) is 0. The van der Waals surface area contributed by atoms with Gasteiger partial charge in [0, 0.05) is 10.9 Å². The number of benzene rings is 2. The summed E-state index contributed by atoms with van der Waals surface area (Å²) in [6, 6.07) is 15.1. The fraction of sp³-hybridized carbons (Fsp3) is 0.158. The molecule has 4 heteroatoms. The van der Waals surface area contributed by atoms with Gasteiger partial charge in [-0.1, -0.05) is 24.3 Å². The van der Waals surface area contributed by atoms with Crippen molar-refractivity contribution in [2.75, 3.05) is 0 Å². The van der Waals surface area contributed by atoms with Crippen molar-refractivity contribution in [2.45, 2.75) is 20.5 Å². The first kappa shape index (κ1) is 15.0. The molecule has 1 heterocycles. The van der Waals surface area contributed by atoms with Crippen LogP contribution in [0.5, 0.6) is 11.5 Å². The fourth-order valence-electron chi connectivity index (χ4n) is 2.46. The molecular formula is C19H17NO3. The lowest BCUT2D eigenvalue weighted by Gasteiger charge is -2.12. The van der Waals surface area contributed by atoms with E-state index in [2.05, 4.69) is 4.98 Å². The Bertz CT molecular complexity index is 887.